The molecule has 1 fully saturated rings. The largest absolute Gasteiger partial charge is 0.272 e. The van der Waals surface area contributed by atoms with Gasteiger partial charge in [-0.15, -0.1) is 0 Å². The normalized spacial score (nSPS) is 27.3. The highest BCUT2D eigenvalue weighted by molar-refractivity contribution is 7.86. The lowest BCUT2D eigenvalue weighted by atomic mass is 10.2. The van der Waals surface area contributed by atoms with E-state index in [-0.39, 0.29) is 5.75 Å². The predicted octanol–water partition coefficient (Wildman–Crippen LogP) is 3.40. The summed E-state index contributed by atoms with van der Waals surface area (Å²) in [6, 6.07) is 9.18. The summed E-state index contributed by atoms with van der Waals surface area (Å²) in [5.41, 5.74) is 0.750. The van der Waals surface area contributed by atoms with Crippen LogP contribution in [-0.4, -0.2) is 22.1 Å². The third-order valence-corrected chi connectivity index (χ3v) is 7.96. The average molecular weight is 298 g/mol. The van der Waals surface area contributed by atoms with Crippen LogP contribution in [0.5, 0.6) is 0 Å². The van der Waals surface area contributed by atoms with E-state index in [2.05, 4.69) is 19.6 Å². The molecule has 1 saturated carbocycles. The molecule has 5 heteroatoms. The molecule has 0 aliphatic heterocycles. The molecule has 0 bridgehead atoms. The molecule has 1 aromatic rings. The first-order valence-corrected chi connectivity index (χ1v) is 11.8. The Kier molecular flexibility index (Phi) is 3.66. The smallest absolute Gasteiger partial charge is 0.263 e. The maximum atomic E-state index is 12.1. The Morgan fingerprint density at radius 1 is 1.26 bits per heavy atom. The molecular weight excluding hydrogens is 276 g/mol. The molecule has 1 aromatic carbocycles. The lowest BCUT2D eigenvalue weighted by Gasteiger charge is -2.20. The van der Waals surface area contributed by atoms with E-state index < -0.39 is 23.8 Å². The molecule has 1 aliphatic rings. The average Bonchev–Trinajstić information content (AvgIpc) is 2.89. The number of benzene rings is 1. The first-order valence-electron chi connectivity index (χ1n) is 6.60. The fraction of sp³-hybridized carbons (Fsp3) is 0.571. The van der Waals surface area contributed by atoms with Crippen LogP contribution in [0.3, 0.4) is 0 Å². The highest BCUT2D eigenvalue weighted by Crippen LogP contribution is 2.58. The summed E-state index contributed by atoms with van der Waals surface area (Å²) in [4.78, 5) is 0. The van der Waals surface area contributed by atoms with Gasteiger partial charge in [0.05, 0.1) is 13.7 Å². The van der Waals surface area contributed by atoms with Gasteiger partial charge in [-0.3, -0.25) is 4.18 Å². The van der Waals surface area contributed by atoms with Crippen LogP contribution in [0.1, 0.15) is 18.9 Å². The summed E-state index contributed by atoms with van der Waals surface area (Å²) >= 11 is 0. The number of hydrogen-bond donors (Lipinski definition) is 0. The van der Waals surface area contributed by atoms with Crippen molar-refractivity contribution in [2.75, 3.05) is 0 Å². The van der Waals surface area contributed by atoms with Crippen molar-refractivity contribution in [3.8, 4) is 0 Å². The van der Waals surface area contributed by atoms with Crippen molar-refractivity contribution in [1.82, 2.24) is 0 Å². The minimum Gasteiger partial charge on any atom is -0.263 e. The molecular formula is C14H22O3SSi. The first-order chi connectivity index (χ1) is 8.62. The van der Waals surface area contributed by atoms with Crippen LogP contribution < -0.4 is 0 Å². The molecule has 0 aromatic heterocycles. The number of hydrogen-bond acceptors (Lipinski definition) is 3. The molecule has 2 unspecified atom stereocenters. The van der Waals surface area contributed by atoms with Crippen LogP contribution >= 0.6 is 0 Å². The molecule has 2 rings (SSSR count). The van der Waals surface area contributed by atoms with Gasteiger partial charge in [0.2, 0.25) is 0 Å². The minimum absolute atomic E-state index is 0.0398. The second-order valence-corrected chi connectivity index (χ2v) is 13.7. The highest BCUT2D eigenvalue weighted by atomic mass is 32.2. The van der Waals surface area contributed by atoms with Crippen LogP contribution in [0.2, 0.25) is 25.2 Å². The van der Waals surface area contributed by atoms with Gasteiger partial charge in [0, 0.05) is 0 Å². The second-order valence-electron chi connectivity index (χ2n) is 6.71. The fourth-order valence-corrected chi connectivity index (χ4v) is 7.18. The van der Waals surface area contributed by atoms with E-state index in [0.29, 0.717) is 5.54 Å². The van der Waals surface area contributed by atoms with Crippen molar-refractivity contribution in [3.63, 3.8) is 0 Å². The molecule has 0 radical (unpaired) electrons. The molecule has 2 atom stereocenters. The zero-order valence-corrected chi connectivity index (χ0v) is 13.8. The Morgan fingerprint density at radius 2 is 1.84 bits per heavy atom. The molecule has 0 N–H and O–H groups in total. The van der Waals surface area contributed by atoms with Crippen molar-refractivity contribution < 1.29 is 12.6 Å². The summed E-state index contributed by atoms with van der Waals surface area (Å²) in [7, 11) is -4.84. The van der Waals surface area contributed by atoms with E-state index in [1.165, 1.54) is 0 Å². The SMILES string of the molecule is CC1(OS(=O)(=O)Cc2ccccc2)CC1[Si](C)(C)C. The molecule has 0 amide bonds. The van der Waals surface area contributed by atoms with Crippen LogP contribution in [-0.2, 0) is 20.1 Å². The van der Waals surface area contributed by atoms with Crippen molar-refractivity contribution in [2.45, 2.75) is 49.9 Å². The summed E-state index contributed by atoms with van der Waals surface area (Å²) in [6.45, 7) is 8.71. The Morgan fingerprint density at radius 3 is 2.32 bits per heavy atom. The van der Waals surface area contributed by atoms with E-state index in [1.54, 1.807) is 0 Å². The second kappa shape index (κ2) is 4.72. The van der Waals surface area contributed by atoms with E-state index in [1.807, 2.05) is 37.3 Å². The van der Waals surface area contributed by atoms with E-state index >= 15 is 0 Å². The van der Waals surface area contributed by atoms with E-state index in [9.17, 15) is 8.42 Å². The molecule has 0 saturated heterocycles. The third-order valence-electron chi connectivity index (χ3n) is 3.74. The van der Waals surface area contributed by atoms with Gasteiger partial charge in [0.15, 0.2) is 0 Å². The molecule has 1 aliphatic carbocycles. The monoisotopic (exact) mass is 298 g/mol. The van der Waals surface area contributed by atoms with Gasteiger partial charge in [-0.25, -0.2) is 0 Å². The maximum Gasteiger partial charge on any atom is 0.272 e. The summed E-state index contributed by atoms with van der Waals surface area (Å²) in [5.74, 6) is -0.0398. The first kappa shape index (κ1) is 14.7. The third kappa shape index (κ3) is 3.67. The van der Waals surface area contributed by atoms with Crippen LogP contribution in [0, 0.1) is 0 Å². The molecule has 0 heterocycles. The fourth-order valence-electron chi connectivity index (χ4n) is 2.76. The van der Waals surface area contributed by atoms with Gasteiger partial charge in [-0.2, -0.15) is 8.42 Å². The Bertz CT molecular complexity index is 548. The summed E-state index contributed by atoms with van der Waals surface area (Å²) < 4.78 is 29.7. The van der Waals surface area contributed by atoms with Gasteiger partial charge in [-0.05, 0) is 24.4 Å². The maximum absolute atomic E-state index is 12.1. The predicted molar refractivity (Wildman–Crippen MR) is 80.3 cm³/mol. The quantitative estimate of drug-likeness (QED) is 0.618. The van der Waals surface area contributed by atoms with Gasteiger partial charge >= 0.3 is 0 Å². The van der Waals surface area contributed by atoms with Crippen molar-refractivity contribution in [1.29, 1.82) is 0 Å². The van der Waals surface area contributed by atoms with Gasteiger partial charge in [0.25, 0.3) is 10.1 Å². The minimum atomic E-state index is -3.50. The topological polar surface area (TPSA) is 43.4 Å². The molecule has 0 spiro atoms. The standard InChI is InChI=1S/C14H22O3SSi/c1-14(10-13(14)19(2,3)4)17-18(15,16)11-12-8-6-5-7-9-12/h5-9,13H,10-11H2,1-4H3. The van der Waals surface area contributed by atoms with Crippen molar-refractivity contribution >= 4 is 18.2 Å². The van der Waals surface area contributed by atoms with Crippen LogP contribution in [0.4, 0.5) is 0 Å². The van der Waals surface area contributed by atoms with E-state index in [4.69, 9.17) is 4.18 Å². The van der Waals surface area contributed by atoms with Crippen molar-refractivity contribution in [3.05, 3.63) is 35.9 Å². The van der Waals surface area contributed by atoms with Gasteiger partial charge < -0.3 is 0 Å². The Balaban J connectivity index is 2.04. The Labute approximate surface area is 117 Å². The summed E-state index contributed by atoms with van der Waals surface area (Å²) in [6.07, 6.45) is 0.872. The molecule has 19 heavy (non-hydrogen) atoms. The molecule has 106 valence electrons. The zero-order chi connectivity index (χ0) is 14.3. The number of rotatable bonds is 5. The zero-order valence-electron chi connectivity index (χ0n) is 12.0. The van der Waals surface area contributed by atoms with Gasteiger partial charge in [-0.1, -0.05) is 50.0 Å². The van der Waals surface area contributed by atoms with Crippen LogP contribution in [0.15, 0.2) is 30.3 Å². The lowest BCUT2D eigenvalue weighted by molar-refractivity contribution is 0.207. The highest BCUT2D eigenvalue weighted by Gasteiger charge is 2.59. The van der Waals surface area contributed by atoms with E-state index in [0.717, 1.165) is 12.0 Å². The van der Waals surface area contributed by atoms with Crippen LogP contribution in [0.25, 0.3) is 0 Å². The Hall–Kier alpha value is -0.653. The summed E-state index contributed by atoms with van der Waals surface area (Å²) in [5, 5.41) is 0. The lowest BCUT2D eigenvalue weighted by Crippen LogP contribution is -2.28. The van der Waals surface area contributed by atoms with Crippen molar-refractivity contribution in [2.24, 2.45) is 0 Å². The molecule has 3 nitrogen and oxygen atoms in total. The van der Waals surface area contributed by atoms with Gasteiger partial charge in [0.1, 0.15) is 5.75 Å².